The maximum atomic E-state index is 6.24. The summed E-state index contributed by atoms with van der Waals surface area (Å²) in [7, 11) is 1.78. The molecular formula is C19H23N3. The van der Waals surface area contributed by atoms with Gasteiger partial charge in [0.25, 0.3) is 0 Å². The number of nitrogen functional groups attached to an aromatic ring is 1. The van der Waals surface area contributed by atoms with Crippen LogP contribution in [-0.4, -0.2) is 12.8 Å². The molecule has 0 aliphatic heterocycles. The monoisotopic (exact) mass is 293 g/mol. The average Bonchev–Trinajstić information content (AvgIpc) is 2.55. The van der Waals surface area contributed by atoms with E-state index in [1.165, 1.54) is 5.56 Å². The topological polar surface area (TPSA) is 64.4 Å². The molecule has 22 heavy (non-hydrogen) atoms. The van der Waals surface area contributed by atoms with Gasteiger partial charge in [0.2, 0.25) is 0 Å². The highest BCUT2D eigenvalue weighted by Crippen LogP contribution is 2.21. The molecule has 3 heteroatoms. The van der Waals surface area contributed by atoms with Crippen molar-refractivity contribution in [3.05, 3.63) is 77.0 Å². The Kier molecular flexibility index (Phi) is 5.37. The summed E-state index contributed by atoms with van der Waals surface area (Å²) in [5, 5.41) is 0. The third kappa shape index (κ3) is 3.55. The Morgan fingerprint density at radius 3 is 2.41 bits per heavy atom. The van der Waals surface area contributed by atoms with Crippen LogP contribution in [0, 0.1) is 0 Å². The zero-order valence-corrected chi connectivity index (χ0v) is 13.2. The quantitative estimate of drug-likeness (QED) is 0.654. The van der Waals surface area contributed by atoms with Crippen molar-refractivity contribution in [3.8, 4) is 0 Å². The highest BCUT2D eigenvalue weighted by atomic mass is 14.7. The second-order valence-corrected chi connectivity index (χ2v) is 5.19. The summed E-state index contributed by atoms with van der Waals surface area (Å²) in [4.78, 5) is 4.37. The number of nitrogens with two attached hydrogens (primary N) is 2. The molecule has 2 rings (SSSR count). The minimum absolute atomic E-state index is 0.787. The highest BCUT2D eigenvalue weighted by molar-refractivity contribution is 6.12. The van der Waals surface area contributed by atoms with Crippen LogP contribution in [0.1, 0.15) is 30.0 Å². The fraction of sp³-hybridized carbons (Fsp3) is 0.211. The minimum Gasteiger partial charge on any atom is -0.404 e. The maximum Gasteiger partial charge on any atom is 0.0690 e. The van der Waals surface area contributed by atoms with Crippen molar-refractivity contribution in [1.29, 1.82) is 0 Å². The third-order valence-corrected chi connectivity index (χ3v) is 3.77. The van der Waals surface area contributed by atoms with E-state index in [2.05, 4.69) is 36.2 Å². The lowest BCUT2D eigenvalue weighted by atomic mass is 9.96. The SMILES string of the molecule is CCC(=C\N)/C(=N\C)c1ccc(Cc2ccccc2)c(N)c1. The number of nitrogens with zero attached hydrogens (tertiary/aromatic N) is 1. The van der Waals surface area contributed by atoms with Crippen molar-refractivity contribution in [1.82, 2.24) is 0 Å². The zero-order valence-electron chi connectivity index (χ0n) is 13.2. The van der Waals surface area contributed by atoms with Crippen LogP contribution in [0.4, 0.5) is 5.69 Å². The Balaban J connectivity index is 2.30. The van der Waals surface area contributed by atoms with E-state index >= 15 is 0 Å². The Morgan fingerprint density at radius 1 is 1.14 bits per heavy atom. The second-order valence-electron chi connectivity index (χ2n) is 5.19. The summed E-state index contributed by atoms with van der Waals surface area (Å²) in [6.07, 6.45) is 3.30. The zero-order chi connectivity index (χ0) is 15.9. The van der Waals surface area contributed by atoms with Gasteiger partial charge in [-0.1, -0.05) is 49.4 Å². The van der Waals surface area contributed by atoms with Crippen LogP contribution in [0.3, 0.4) is 0 Å². The Bertz CT molecular complexity index is 685. The second kappa shape index (κ2) is 7.46. The summed E-state index contributed by atoms with van der Waals surface area (Å²) >= 11 is 0. The summed E-state index contributed by atoms with van der Waals surface area (Å²) in [6.45, 7) is 2.07. The van der Waals surface area contributed by atoms with Gasteiger partial charge < -0.3 is 11.5 Å². The maximum absolute atomic E-state index is 6.24. The minimum atomic E-state index is 0.787. The van der Waals surface area contributed by atoms with Crippen molar-refractivity contribution < 1.29 is 0 Å². The van der Waals surface area contributed by atoms with E-state index in [4.69, 9.17) is 11.5 Å². The number of hydrogen-bond donors (Lipinski definition) is 2. The lowest BCUT2D eigenvalue weighted by Crippen LogP contribution is -2.08. The molecule has 0 saturated carbocycles. The van der Waals surface area contributed by atoms with Crippen LogP contribution >= 0.6 is 0 Å². The van der Waals surface area contributed by atoms with Crippen LogP contribution in [0.15, 0.2) is 65.3 Å². The molecule has 4 N–H and O–H groups in total. The van der Waals surface area contributed by atoms with Crippen molar-refractivity contribution in [2.75, 3.05) is 12.8 Å². The number of rotatable bonds is 5. The molecule has 0 amide bonds. The molecule has 0 radical (unpaired) electrons. The first-order valence-electron chi connectivity index (χ1n) is 7.50. The van der Waals surface area contributed by atoms with Crippen LogP contribution < -0.4 is 11.5 Å². The first-order valence-corrected chi connectivity index (χ1v) is 7.50. The molecule has 3 nitrogen and oxygen atoms in total. The lowest BCUT2D eigenvalue weighted by molar-refractivity contribution is 1.15. The first kappa shape index (κ1) is 15.8. The molecule has 2 aromatic rings. The van der Waals surface area contributed by atoms with E-state index < -0.39 is 0 Å². The molecule has 0 aliphatic rings. The first-order chi connectivity index (χ1) is 10.7. The smallest absolute Gasteiger partial charge is 0.0690 e. The molecule has 0 aliphatic carbocycles. The van der Waals surface area contributed by atoms with Crippen LogP contribution in [0.2, 0.25) is 0 Å². The Hall–Kier alpha value is -2.55. The van der Waals surface area contributed by atoms with Gasteiger partial charge in [0.15, 0.2) is 0 Å². The molecule has 0 heterocycles. The van der Waals surface area contributed by atoms with Crippen molar-refractivity contribution >= 4 is 11.4 Å². The van der Waals surface area contributed by atoms with Crippen molar-refractivity contribution in [2.24, 2.45) is 10.7 Å². The third-order valence-electron chi connectivity index (χ3n) is 3.77. The Labute approximate surface area is 132 Å². The number of aliphatic imine (C=N–C) groups is 1. The summed E-state index contributed by atoms with van der Waals surface area (Å²) in [6, 6.07) is 16.5. The van der Waals surface area contributed by atoms with Crippen LogP contribution in [-0.2, 0) is 6.42 Å². The molecule has 0 spiro atoms. The Morgan fingerprint density at radius 2 is 1.86 bits per heavy atom. The number of allylic oxidation sites excluding steroid dienone is 1. The molecule has 114 valence electrons. The van der Waals surface area contributed by atoms with Gasteiger partial charge in [0.05, 0.1) is 5.71 Å². The largest absolute Gasteiger partial charge is 0.404 e. The molecule has 0 saturated heterocycles. The van der Waals surface area contributed by atoms with Gasteiger partial charge in [0, 0.05) is 18.3 Å². The van der Waals surface area contributed by atoms with E-state index in [1.807, 2.05) is 24.3 Å². The summed E-state index contributed by atoms with van der Waals surface area (Å²) < 4.78 is 0. The van der Waals surface area contributed by atoms with E-state index in [9.17, 15) is 0 Å². The molecule has 0 fully saturated rings. The number of anilines is 1. The summed E-state index contributed by atoms with van der Waals surface area (Å²) in [5.74, 6) is 0. The van der Waals surface area contributed by atoms with E-state index in [0.717, 1.165) is 40.9 Å². The van der Waals surface area contributed by atoms with Gasteiger partial charge >= 0.3 is 0 Å². The molecular weight excluding hydrogens is 270 g/mol. The molecule has 0 aromatic heterocycles. The van der Waals surface area contributed by atoms with Crippen LogP contribution in [0.5, 0.6) is 0 Å². The number of benzene rings is 2. The van der Waals surface area contributed by atoms with Gasteiger partial charge in [-0.25, -0.2) is 0 Å². The fourth-order valence-corrected chi connectivity index (χ4v) is 2.54. The normalized spacial score (nSPS) is 12.5. The number of hydrogen-bond acceptors (Lipinski definition) is 3. The predicted molar refractivity (Wildman–Crippen MR) is 95.1 cm³/mol. The van der Waals surface area contributed by atoms with E-state index in [1.54, 1.807) is 13.2 Å². The fourth-order valence-electron chi connectivity index (χ4n) is 2.54. The van der Waals surface area contributed by atoms with Crippen molar-refractivity contribution in [2.45, 2.75) is 19.8 Å². The van der Waals surface area contributed by atoms with E-state index in [0.29, 0.717) is 0 Å². The lowest BCUT2D eigenvalue weighted by Gasteiger charge is -2.12. The summed E-state index contributed by atoms with van der Waals surface area (Å²) in [5.41, 5.74) is 18.0. The predicted octanol–water partition coefficient (Wildman–Crippen LogP) is 3.53. The highest BCUT2D eigenvalue weighted by Gasteiger charge is 2.10. The molecule has 0 unspecified atom stereocenters. The van der Waals surface area contributed by atoms with Gasteiger partial charge in [-0.3, -0.25) is 4.99 Å². The van der Waals surface area contributed by atoms with Gasteiger partial charge in [-0.15, -0.1) is 0 Å². The van der Waals surface area contributed by atoms with E-state index in [-0.39, 0.29) is 0 Å². The van der Waals surface area contributed by atoms with Crippen LogP contribution in [0.25, 0.3) is 0 Å². The van der Waals surface area contributed by atoms with Gasteiger partial charge in [-0.2, -0.15) is 0 Å². The molecule has 2 aromatic carbocycles. The van der Waals surface area contributed by atoms with Crippen molar-refractivity contribution in [3.63, 3.8) is 0 Å². The van der Waals surface area contributed by atoms with Gasteiger partial charge in [-0.05, 0) is 41.8 Å². The van der Waals surface area contributed by atoms with Gasteiger partial charge in [0.1, 0.15) is 0 Å². The molecule has 0 bridgehead atoms. The molecule has 0 atom stereocenters. The average molecular weight is 293 g/mol. The standard InChI is InChI=1S/C19H23N3/c1-3-15(13-20)19(22-2)17-10-9-16(18(21)12-17)11-14-7-5-4-6-8-14/h4-10,12-13H,3,11,20-21H2,1-2H3/b15-13+,22-19+.